The van der Waals surface area contributed by atoms with Crippen molar-refractivity contribution in [1.82, 2.24) is 4.31 Å². The van der Waals surface area contributed by atoms with E-state index in [0.717, 1.165) is 18.9 Å². The van der Waals surface area contributed by atoms with Crippen molar-refractivity contribution in [3.05, 3.63) is 33.9 Å². The van der Waals surface area contributed by atoms with E-state index in [4.69, 9.17) is 5.73 Å². The Kier molecular flexibility index (Phi) is 4.84. The first kappa shape index (κ1) is 16.9. The Hall–Kier alpha value is -1.51. The Bertz CT molecular complexity index is 675. The largest absolute Gasteiger partial charge is 0.329 e. The Morgan fingerprint density at radius 1 is 1.45 bits per heavy atom. The van der Waals surface area contributed by atoms with Crippen LogP contribution in [0.25, 0.3) is 0 Å². The van der Waals surface area contributed by atoms with Crippen molar-refractivity contribution in [2.75, 3.05) is 13.1 Å². The molecule has 2 N–H and O–H groups in total. The van der Waals surface area contributed by atoms with Gasteiger partial charge < -0.3 is 5.73 Å². The first-order chi connectivity index (χ1) is 10.3. The number of sulfonamides is 1. The molecule has 8 heteroatoms. The molecule has 0 amide bonds. The Labute approximate surface area is 130 Å². The quantitative estimate of drug-likeness (QED) is 0.668. The van der Waals surface area contributed by atoms with Crippen LogP contribution < -0.4 is 5.73 Å². The molecule has 1 aliphatic heterocycles. The zero-order valence-corrected chi connectivity index (χ0v) is 13.5. The Morgan fingerprint density at radius 3 is 2.73 bits per heavy atom. The standard InChI is InChI=1S/C14H21N3O4S/c1-10-4-3-7-16(13(10)9-15)22(20,21)14-8-12(17(18)19)6-5-11(14)2/h5-6,8,10,13H,3-4,7,9,15H2,1-2H3. The van der Waals surface area contributed by atoms with Crippen molar-refractivity contribution in [3.8, 4) is 0 Å². The van der Waals surface area contributed by atoms with Crippen LogP contribution in [0.5, 0.6) is 0 Å². The van der Waals surface area contributed by atoms with E-state index in [2.05, 4.69) is 0 Å². The van der Waals surface area contributed by atoms with E-state index in [9.17, 15) is 18.5 Å². The highest BCUT2D eigenvalue weighted by Crippen LogP contribution is 2.31. The SMILES string of the molecule is Cc1ccc([N+](=O)[O-])cc1S(=O)(=O)N1CCCC(C)C1CN. The minimum Gasteiger partial charge on any atom is -0.329 e. The van der Waals surface area contributed by atoms with Gasteiger partial charge >= 0.3 is 0 Å². The molecule has 2 rings (SSSR count). The fourth-order valence-electron chi connectivity index (χ4n) is 2.97. The molecule has 2 atom stereocenters. The molecule has 1 saturated heterocycles. The molecule has 1 heterocycles. The number of nitrogens with two attached hydrogens (primary N) is 1. The number of piperidine rings is 1. The molecule has 22 heavy (non-hydrogen) atoms. The molecule has 2 unspecified atom stereocenters. The lowest BCUT2D eigenvalue weighted by molar-refractivity contribution is -0.385. The molecule has 1 aromatic carbocycles. The lowest BCUT2D eigenvalue weighted by Crippen LogP contribution is -2.51. The lowest BCUT2D eigenvalue weighted by Gasteiger charge is -2.38. The summed E-state index contributed by atoms with van der Waals surface area (Å²) in [7, 11) is -3.79. The second-order valence-corrected chi connectivity index (χ2v) is 7.60. The van der Waals surface area contributed by atoms with E-state index in [1.54, 1.807) is 6.92 Å². The van der Waals surface area contributed by atoms with Gasteiger partial charge in [-0.15, -0.1) is 0 Å². The topological polar surface area (TPSA) is 107 Å². The third-order valence-corrected chi connectivity index (χ3v) is 6.34. The highest BCUT2D eigenvalue weighted by Gasteiger charge is 2.37. The minimum absolute atomic E-state index is 0.00532. The first-order valence-corrected chi connectivity index (χ1v) is 8.70. The number of nitro benzene ring substituents is 1. The van der Waals surface area contributed by atoms with E-state index in [1.165, 1.54) is 16.4 Å². The maximum atomic E-state index is 12.9. The monoisotopic (exact) mass is 327 g/mol. The third-order valence-electron chi connectivity index (χ3n) is 4.28. The summed E-state index contributed by atoms with van der Waals surface area (Å²) in [6, 6.07) is 3.65. The number of aryl methyl sites for hydroxylation is 1. The van der Waals surface area contributed by atoms with Crippen LogP contribution in [0.4, 0.5) is 5.69 Å². The van der Waals surface area contributed by atoms with Gasteiger partial charge in [-0.25, -0.2) is 8.42 Å². The predicted molar refractivity (Wildman–Crippen MR) is 83.0 cm³/mol. The van der Waals surface area contributed by atoms with E-state index < -0.39 is 14.9 Å². The van der Waals surface area contributed by atoms with Crippen LogP contribution in [-0.2, 0) is 10.0 Å². The van der Waals surface area contributed by atoms with Gasteiger partial charge in [-0.05, 0) is 31.2 Å². The van der Waals surface area contributed by atoms with Crippen molar-refractivity contribution >= 4 is 15.7 Å². The molecule has 0 radical (unpaired) electrons. The van der Waals surface area contributed by atoms with E-state index in [1.807, 2.05) is 6.92 Å². The number of hydrogen-bond acceptors (Lipinski definition) is 5. The first-order valence-electron chi connectivity index (χ1n) is 7.26. The molecule has 0 aromatic heterocycles. The van der Waals surface area contributed by atoms with Crippen molar-refractivity contribution in [3.63, 3.8) is 0 Å². The molecule has 0 spiro atoms. The number of benzene rings is 1. The van der Waals surface area contributed by atoms with Crippen molar-refractivity contribution in [2.45, 2.75) is 37.6 Å². The molecule has 0 saturated carbocycles. The predicted octanol–water partition coefficient (Wildman–Crippen LogP) is 1.65. The number of nitro groups is 1. The second kappa shape index (κ2) is 6.31. The molecule has 122 valence electrons. The van der Waals surface area contributed by atoms with Gasteiger partial charge in [-0.3, -0.25) is 10.1 Å². The molecule has 1 aromatic rings. The molecule has 1 fully saturated rings. The summed E-state index contributed by atoms with van der Waals surface area (Å²) in [5.41, 5.74) is 6.04. The fourth-order valence-corrected chi connectivity index (χ4v) is 4.98. The number of rotatable bonds is 4. The van der Waals surface area contributed by atoms with Crippen LogP contribution in [0.15, 0.2) is 23.1 Å². The van der Waals surface area contributed by atoms with Crippen LogP contribution in [0.2, 0.25) is 0 Å². The van der Waals surface area contributed by atoms with Crippen LogP contribution in [0, 0.1) is 23.0 Å². The lowest BCUT2D eigenvalue weighted by atomic mass is 9.93. The Balaban J connectivity index is 2.49. The second-order valence-electron chi connectivity index (χ2n) is 5.75. The van der Waals surface area contributed by atoms with Gasteiger partial charge in [0.1, 0.15) is 0 Å². The summed E-state index contributed by atoms with van der Waals surface area (Å²) in [4.78, 5) is 10.3. The Morgan fingerprint density at radius 2 is 2.14 bits per heavy atom. The molecule has 0 bridgehead atoms. The average Bonchev–Trinajstić information content (AvgIpc) is 2.46. The molecular formula is C14H21N3O4S. The van der Waals surface area contributed by atoms with Crippen molar-refractivity contribution < 1.29 is 13.3 Å². The number of non-ortho nitro benzene ring substituents is 1. The molecule has 0 aliphatic carbocycles. The van der Waals surface area contributed by atoms with Gasteiger partial charge in [-0.2, -0.15) is 4.31 Å². The summed E-state index contributed by atoms with van der Waals surface area (Å²) in [6.45, 7) is 4.27. The van der Waals surface area contributed by atoms with Crippen molar-refractivity contribution in [2.24, 2.45) is 11.7 Å². The van der Waals surface area contributed by atoms with Crippen LogP contribution in [-0.4, -0.2) is 36.8 Å². The van der Waals surface area contributed by atoms with Crippen LogP contribution in [0.3, 0.4) is 0 Å². The third kappa shape index (κ3) is 2.99. The van der Waals surface area contributed by atoms with E-state index in [-0.39, 0.29) is 29.1 Å². The van der Waals surface area contributed by atoms with Gasteiger partial charge in [0, 0.05) is 31.3 Å². The summed E-state index contributed by atoms with van der Waals surface area (Å²) >= 11 is 0. The van der Waals surface area contributed by atoms with Gasteiger partial charge in [-0.1, -0.05) is 13.0 Å². The zero-order valence-electron chi connectivity index (χ0n) is 12.7. The minimum atomic E-state index is -3.79. The van der Waals surface area contributed by atoms with E-state index >= 15 is 0 Å². The van der Waals surface area contributed by atoms with E-state index in [0.29, 0.717) is 12.1 Å². The smallest absolute Gasteiger partial charge is 0.270 e. The highest BCUT2D eigenvalue weighted by molar-refractivity contribution is 7.89. The van der Waals surface area contributed by atoms with Gasteiger partial charge in [0.2, 0.25) is 10.0 Å². The number of hydrogen-bond donors (Lipinski definition) is 1. The summed E-state index contributed by atoms with van der Waals surface area (Å²) < 4.78 is 27.3. The highest BCUT2D eigenvalue weighted by atomic mass is 32.2. The molecule has 7 nitrogen and oxygen atoms in total. The summed E-state index contributed by atoms with van der Waals surface area (Å²) in [5, 5.41) is 10.9. The van der Waals surface area contributed by atoms with Gasteiger partial charge in [0.05, 0.1) is 9.82 Å². The number of nitrogens with zero attached hydrogens (tertiary/aromatic N) is 2. The van der Waals surface area contributed by atoms with Gasteiger partial charge in [0.15, 0.2) is 0 Å². The molecule has 1 aliphatic rings. The molecular weight excluding hydrogens is 306 g/mol. The van der Waals surface area contributed by atoms with Crippen molar-refractivity contribution in [1.29, 1.82) is 0 Å². The van der Waals surface area contributed by atoms with Crippen LogP contribution in [0.1, 0.15) is 25.3 Å². The maximum Gasteiger partial charge on any atom is 0.270 e. The summed E-state index contributed by atoms with van der Waals surface area (Å²) in [5.74, 6) is 0.174. The maximum absolute atomic E-state index is 12.9. The van der Waals surface area contributed by atoms with Gasteiger partial charge in [0.25, 0.3) is 5.69 Å². The summed E-state index contributed by atoms with van der Waals surface area (Å²) in [6.07, 6.45) is 1.70. The fraction of sp³-hybridized carbons (Fsp3) is 0.571. The van der Waals surface area contributed by atoms with Crippen LogP contribution >= 0.6 is 0 Å². The normalized spacial score (nSPS) is 23.4. The average molecular weight is 327 g/mol. The zero-order chi connectivity index (χ0) is 16.5.